The van der Waals surface area contributed by atoms with E-state index in [1.165, 1.54) is 6.42 Å². The topological polar surface area (TPSA) is 0 Å². The van der Waals surface area contributed by atoms with E-state index in [2.05, 4.69) is 69.2 Å². The van der Waals surface area contributed by atoms with E-state index in [-0.39, 0.29) is 0 Å². The lowest BCUT2D eigenvalue weighted by Gasteiger charge is -2.61. The Balaban J connectivity index is 2.05. The predicted molar refractivity (Wildman–Crippen MR) is 92.3 cm³/mol. The molecule has 0 heterocycles. The second-order valence-electron chi connectivity index (χ2n) is 11.7. The number of fused-ring (bicyclic) bond motifs is 5. The Bertz CT molecular complexity index is 620. The fourth-order valence-corrected chi connectivity index (χ4v) is 12.6. The van der Waals surface area contributed by atoms with E-state index in [0.29, 0.717) is 37.9 Å². The van der Waals surface area contributed by atoms with E-state index >= 15 is 0 Å². The summed E-state index contributed by atoms with van der Waals surface area (Å²) in [5.74, 6) is 3.54. The van der Waals surface area contributed by atoms with Crippen LogP contribution >= 0.6 is 0 Å². The summed E-state index contributed by atoms with van der Waals surface area (Å²) >= 11 is 0. The minimum absolute atomic E-state index is 0.497. The fourth-order valence-electron chi connectivity index (χ4n) is 12.6. The van der Waals surface area contributed by atoms with Crippen LogP contribution in [0.5, 0.6) is 0 Å². The summed E-state index contributed by atoms with van der Waals surface area (Å²) in [6.45, 7) is 27.0. The maximum absolute atomic E-state index is 2.75. The molecule has 0 radical (unpaired) electrons. The normalized spacial score (nSPS) is 83.2. The smallest absolute Gasteiger partial charge is 0.0142 e. The second-order valence-corrected chi connectivity index (χ2v) is 11.7. The lowest BCUT2D eigenvalue weighted by Crippen LogP contribution is -2.57. The summed E-state index contributed by atoms with van der Waals surface area (Å²) in [6, 6.07) is 0. The zero-order valence-corrected chi connectivity index (χ0v) is 16.5. The van der Waals surface area contributed by atoms with Gasteiger partial charge in [-0.1, -0.05) is 69.2 Å². The van der Waals surface area contributed by atoms with Gasteiger partial charge >= 0.3 is 0 Å². The largest absolute Gasteiger partial charge is 0.0616 e. The molecule has 0 heteroatoms. The molecular weight excluding hydrogens is 264 g/mol. The van der Waals surface area contributed by atoms with Crippen LogP contribution in [0.4, 0.5) is 0 Å². The highest BCUT2D eigenvalue weighted by Gasteiger charge is 3.02. The van der Waals surface area contributed by atoms with Crippen LogP contribution in [0, 0.1) is 61.6 Å². The van der Waals surface area contributed by atoms with Crippen molar-refractivity contribution in [2.75, 3.05) is 0 Å². The summed E-state index contributed by atoms with van der Waals surface area (Å²) in [6.07, 6.45) is 1.48. The van der Waals surface area contributed by atoms with Crippen LogP contribution in [0.3, 0.4) is 0 Å². The Morgan fingerprint density at radius 2 is 1.14 bits per heavy atom. The van der Waals surface area contributed by atoms with Crippen LogP contribution in [0.15, 0.2) is 0 Å². The Morgan fingerprint density at radius 1 is 0.636 bits per heavy atom. The molecule has 0 aromatic rings. The Morgan fingerprint density at radius 3 is 1.68 bits per heavy atom. The van der Waals surface area contributed by atoms with E-state index in [4.69, 9.17) is 0 Å². The highest BCUT2D eigenvalue weighted by atomic mass is 15.1. The maximum Gasteiger partial charge on any atom is -0.0142 e. The average molecular weight is 301 g/mol. The molecule has 124 valence electrons. The van der Waals surface area contributed by atoms with E-state index in [1.54, 1.807) is 0 Å². The summed E-state index contributed by atoms with van der Waals surface area (Å²) in [7, 11) is 0. The van der Waals surface area contributed by atoms with E-state index in [9.17, 15) is 0 Å². The highest BCUT2D eigenvalue weighted by molar-refractivity contribution is 5.49. The summed E-state index contributed by atoms with van der Waals surface area (Å²) in [4.78, 5) is 0. The molecule has 5 saturated carbocycles. The molecule has 4 bridgehead atoms. The van der Waals surface area contributed by atoms with E-state index in [0.717, 1.165) is 23.7 Å². The van der Waals surface area contributed by atoms with Gasteiger partial charge < -0.3 is 0 Å². The van der Waals surface area contributed by atoms with Crippen molar-refractivity contribution in [3.8, 4) is 0 Å². The maximum atomic E-state index is 2.75. The zero-order valence-electron chi connectivity index (χ0n) is 16.5. The Labute approximate surface area is 137 Å². The first-order valence-corrected chi connectivity index (χ1v) is 9.80. The van der Waals surface area contributed by atoms with Crippen molar-refractivity contribution < 1.29 is 0 Å². The summed E-state index contributed by atoms with van der Waals surface area (Å²) in [5.41, 5.74) is 3.58. The van der Waals surface area contributed by atoms with Crippen molar-refractivity contribution in [1.29, 1.82) is 0 Å². The predicted octanol–water partition coefficient (Wildman–Crippen LogP) is 6.01. The van der Waals surface area contributed by atoms with Crippen LogP contribution in [-0.4, -0.2) is 0 Å². The van der Waals surface area contributed by atoms with Crippen molar-refractivity contribution in [1.82, 2.24) is 0 Å². The van der Waals surface area contributed by atoms with Crippen LogP contribution in [-0.2, 0) is 0 Å². The van der Waals surface area contributed by atoms with Crippen molar-refractivity contribution in [3.63, 3.8) is 0 Å². The lowest BCUT2D eigenvalue weighted by atomic mass is 9.43. The summed E-state index contributed by atoms with van der Waals surface area (Å²) < 4.78 is 0. The molecule has 0 spiro atoms. The van der Waals surface area contributed by atoms with E-state index < -0.39 is 0 Å². The van der Waals surface area contributed by atoms with Gasteiger partial charge in [-0.2, -0.15) is 0 Å². The molecule has 0 aromatic heterocycles. The molecule has 5 aliphatic carbocycles. The lowest BCUT2D eigenvalue weighted by molar-refractivity contribution is -0.143. The molecular formula is C22H36. The molecule has 0 saturated heterocycles. The molecule has 0 amide bonds. The van der Waals surface area contributed by atoms with Crippen molar-refractivity contribution in [3.05, 3.63) is 0 Å². The number of rotatable bonds is 0. The molecule has 5 aliphatic rings. The van der Waals surface area contributed by atoms with Gasteiger partial charge in [0.1, 0.15) is 0 Å². The standard InChI is InChI=1S/C22H36/c1-12-15-13(2)19(7)18(12,6)20(8)14(3)16(4)11-17(20,5)22(19,10)21(15,16)9/h12-15H,11H2,1-10H3. The molecule has 5 rings (SSSR count). The first kappa shape index (κ1) is 14.4. The van der Waals surface area contributed by atoms with Crippen molar-refractivity contribution in [2.24, 2.45) is 61.6 Å². The highest BCUT2D eigenvalue weighted by Crippen LogP contribution is 3.07. The SMILES string of the molecule is CC1C2(C)CC3(C)C1(C)C1(C)C(C)C4C(C)C1(C)C3(C)C42C. The van der Waals surface area contributed by atoms with Gasteiger partial charge in [-0.15, -0.1) is 0 Å². The average Bonchev–Trinajstić information content (AvgIpc) is 2.86. The molecule has 22 heavy (non-hydrogen) atoms. The third kappa shape index (κ3) is 0.631. The van der Waals surface area contributed by atoms with Crippen LogP contribution < -0.4 is 0 Å². The minimum atomic E-state index is 0.497. The Hall–Kier alpha value is 0. The third-order valence-corrected chi connectivity index (χ3v) is 13.8. The fraction of sp³-hybridized carbons (Fsp3) is 1.00. The van der Waals surface area contributed by atoms with Gasteiger partial charge in [0, 0.05) is 0 Å². The van der Waals surface area contributed by atoms with Gasteiger partial charge in [-0.05, 0) is 68.0 Å². The van der Waals surface area contributed by atoms with Crippen LogP contribution in [0.1, 0.15) is 75.7 Å². The van der Waals surface area contributed by atoms with Gasteiger partial charge in [0.25, 0.3) is 0 Å². The summed E-state index contributed by atoms with van der Waals surface area (Å²) in [5, 5.41) is 0. The van der Waals surface area contributed by atoms with Crippen LogP contribution in [0.25, 0.3) is 0 Å². The molecule has 5 fully saturated rings. The molecule has 0 aromatic carbocycles. The van der Waals surface area contributed by atoms with Gasteiger partial charge in [0.2, 0.25) is 0 Å². The molecule has 0 nitrogen and oxygen atoms in total. The third-order valence-electron chi connectivity index (χ3n) is 13.8. The number of hydrogen-bond acceptors (Lipinski definition) is 0. The molecule has 11 atom stereocenters. The van der Waals surface area contributed by atoms with Gasteiger partial charge in [-0.3, -0.25) is 0 Å². The monoisotopic (exact) mass is 300 g/mol. The first-order valence-electron chi connectivity index (χ1n) is 9.80. The second kappa shape index (κ2) is 2.78. The quantitative estimate of drug-likeness (QED) is 0.513. The van der Waals surface area contributed by atoms with Crippen molar-refractivity contribution >= 4 is 0 Å². The van der Waals surface area contributed by atoms with Gasteiger partial charge in [0.15, 0.2) is 0 Å². The van der Waals surface area contributed by atoms with Gasteiger partial charge in [-0.25, -0.2) is 0 Å². The van der Waals surface area contributed by atoms with Gasteiger partial charge in [0.05, 0.1) is 0 Å². The molecule has 0 aliphatic heterocycles. The van der Waals surface area contributed by atoms with Crippen LogP contribution in [0.2, 0.25) is 0 Å². The number of hydrogen-bond donors (Lipinski definition) is 0. The zero-order chi connectivity index (χ0) is 16.5. The van der Waals surface area contributed by atoms with E-state index in [1.807, 2.05) is 0 Å². The molecule has 11 unspecified atom stereocenters. The Kier molecular flexibility index (Phi) is 1.81. The first-order chi connectivity index (χ1) is 9.80. The molecule has 0 N–H and O–H groups in total. The minimum Gasteiger partial charge on any atom is -0.0616 e. The van der Waals surface area contributed by atoms with Crippen molar-refractivity contribution in [2.45, 2.75) is 75.7 Å².